The van der Waals surface area contributed by atoms with E-state index in [1.165, 1.54) is 60.2 Å². The van der Waals surface area contributed by atoms with Crippen molar-refractivity contribution in [3.05, 3.63) is 81.4 Å². The number of carbonyl (C=O) groups excluding carboxylic acids is 1. The maximum Gasteiger partial charge on any atom is 0.139 e. The molecule has 6 nitrogen and oxygen atoms in total. The normalized spacial score (nSPS) is 16.1. The molecule has 2 atom stereocenters. The summed E-state index contributed by atoms with van der Waals surface area (Å²) in [4.78, 5) is 13.6. The molecule has 1 saturated heterocycles. The van der Waals surface area contributed by atoms with Crippen LogP contribution in [0.5, 0.6) is 11.5 Å². The summed E-state index contributed by atoms with van der Waals surface area (Å²) in [7, 11) is 0. The molecule has 0 spiro atoms. The van der Waals surface area contributed by atoms with Crippen LogP contribution in [0.2, 0.25) is 5.02 Å². The molecule has 5 rings (SSSR count). The first-order chi connectivity index (χ1) is 22.4. The molecule has 3 aromatic carbocycles. The van der Waals surface area contributed by atoms with Gasteiger partial charge in [0.2, 0.25) is 0 Å². The average molecular weight is 832 g/mol. The maximum atomic E-state index is 11.0. The van der Waals surface area contributed by atoms with Gasteiger partial charge in [-0.25, -0.2) is 6.29 Å². The Labute approximate surface area is 301 Å². The number of benzene rings is 3. The van der Waals surface area contributed by atoms with Crippen LogP contribution >= 0.6 is 11.6 Å². The van der Waals surface area contributed by atoms with Gasteiger partial charge in [0.1, 0.15) is 17.6 Å². The summed E-state index contributed by atoms with van der Waals surface area (Å²) in [6.45, 7) is 13.0. The molecule has 0 aromatic heterocycles. The van der Waals surface area contributed by atoms with Gasteiger partial charge in [0.25, 0.3) is 0 Å². The summed E-state index contributed by atoms with van der Waals surface area (Å²) in [5, 5.41) is 12.9. The number of aliphatic hydroxyl groups excluding tert-OH is 1. The van der Waals surface area contributed by atoms with Crippen LogP contribution in [0.4, 0.5) is 0 Å². The van der Waals surface area contributed by atoms with Crippen molar-refractivity contribution in [1.29, 1.82) is 0 Å². The van der Waals surface area contributed by atoms with Gasteiger partial charge in [0.15, 0.2) is 0 Å². The van der Waals surface area contributed by atoms with Gasteiger partial charge < -0.3 is 29.6 Å². The number of aryl methyl sites for hydroxylation is 1. The molecule has 0 bridgehead atoms. The van der Waals surface area contributed by atoms with Crippen LogP contribution in [0.15, 0.2) is 48.5 Å². The molecule has 2 aliphatic rings. The molecule has 1 fully saturated rings. The summed E-state index contributed by atoms with van der Waals surface area (Å²) in [5.74, 6) is 1.64. The van der Waals surface area contributed by atoms with E-state index in [2.05, 4.69) is 74.3 Å². The molecule has 256 valence electrons. The third kappa shape index (κ3) is 10.6. The number of hydrogen-bond donors (Lipinski definition) is 2. The fraction of sp³-hybridized carbons (Fsp3) is 0.513. The second kappa shape index (κ2) is 20.3. The number of nitrogens with zero attached hydrogens (tertiary/aromatic N) is 1. The number of nitrogens with one attached hydrogen (secondary N) is 1. The Morgan fingerprint density at radius 1 is 1.04 bits per heavy atom. The number of fused-ring (bicyclic) bond motifs is 1. The first-order valence-electron chi connectivity index (χ1n) is 17.2. The Morgan fingerprint density at radius 3 is 2.47 bits per heavy atom. The van der Waals surface area contributed by atoms with E-state index in [9.17, 15) is 9.90 Å². The van der Waals surface area contributed by atoms with Crippen molar-refractivity contribution < 1.29 is 40.4 Å². The van der Waals surface area contributed by atoms with Crippen LogP contribution in [0, 0.1) is 6.92 Å². The van der Waals surface area contributed by atoms with Crippen molar-refractivity contribution in [2.75, 3.05) is 32.8 Å². The quantitative estimate of drug-likeness (QED) is 0.119. The summed E-state index contributed by atoms with van der Waals surface area (Å²) in [6, 6.07) is 16.1. The monoisotopic (exact) mass is 831 g/mol. The van der Waals surface area contributed by atoms with Gasteiger partial charge in [-0.3, -0.25) is 0 Å². The Kier molecular flexibility index (Phi) is 17.0. The van der Waals surface area contributed by atoms with Gasteiger partial charge in [-0.1, -0.05) is 81.6 Å². The van der Waals surface area contributed by atoms with Crippen molar-refractivity contribution in [3.63, 3.8) is 0 Å². The van der Waals surface area contributed by atoms with Crippen LogP contribution in [-0.4, -0.2) is 55.2 Å². The zero-order valence-corrected chi connectivity index (χ0v) is 32.3. The summed E-state index contributed by atoms with van der Waals surface area (Å²) < 4.78 is 12.9. The van der Waals surface area contributed by atoms with Gasteiger partial charge in [-0.15, -0.1) is 0 Å². The fourth-order valence-electron chi connectivity index (χ4n) is 6.45. The van der Waals surface area contributed by atoms with Crippen LogP contribution in [-0.2, 0) is 45.2 Å². The molecule has 3 aromatic rings. The molecule has 1 aliphatic heterocycles. The van der Waals surface area contributed by atoms with E-state index in [4.69, 9.17) is 21.1 Å². The van der Waals surface area contributed by atoms with E-state index < -0.39 is 6.04 Å². The van der Waals surface area contributed by atoms with E-state index in [-0.39, 0.29) is 33.8 Å². The number of likely N-dealkylation sites (tertiary alicyclic amines) is 1. The third-order valence-corrected chi connectivity index (χ3v) is 9.07. The molecule has 0 radical (unpaired) electrons. The predicted octanol–water partition coefficient (Wildman–Crippen LogP) is 8.17. The molecular weight excluding hydrogens is 780 g/mol. The zero-order valence-electron chi connectivity index (χ0n) is 28.6. The second-order valence-electron chi connectivity index (χ2n) is 12.4. The van der Waals surface area contributed by atoms with E-state index in [1.807, 2.05) is 18.4 Å². The minimum atomic E-state index is -0.718. The first-order valence-corrected chi connectivity index (χ1v) is 17.6. The molecule has 1 heterocycles. The SMILES string of the molecule is CCC.CCCc1cc(O[C@H]2CCc3c(-c4cccc(OCCCN5CCCC5)c4C)cccc32)c(Cl)cc1CNC([C-]=O)CO.[W]. The first kappa shape index (κ1) is 39.2. The largest absolute Gasteiger partial charge is 0.540 e. The summed E-state index contributed by atoms with van der Waals surface area (Å²) >= 11 is 6.75. The number of aliphatic hydroxyl groups is 1. The van der Waals surface area contributed by atoms with E-state index in [1.54, 1.807) is 0 Å². The van der Waals surface area contributed by atoms with E-state index in [0.717, 1.165) is 62.1 Å². The van der Waals surface area contributed by atoms with Crippen molar-refractivity contribution >= 4 is 17.9 Å². The van der Waals surface area contributed by atoms with Gasteiger partial charge in [0.05, 0.1) is 11.6 Å². The Bertz CT molecular complexity index is 1410. The number of rotatable bonds is 15. The molecule has 1 unspecified atom stereocenters. The van der Waals surface area contributed by atoms with Crippen LogP contribution < -0.4 is 14.8 Å². The van der Waals surface area contributed by atoms with Crippen molar-refractivity contribution in [1.82, 2.24) is 10.2 Å². The molecule has 2 N–H and O–H groups in total. The van der Waals surface area contributed by atoms with Crippen molar-refractivity contribution in [2.24, 2.45) is 0 Å². The number of hydrogen-bond acceptors (Lipinski definition) is 6. The number of halogens is 1. The van der Waals surface area contributed by atoms with Crippen molar-refractivity contribution in [3.8, 4) is 22.6 Å². The predicted molar refractivity (Wildman–Crippen MR) is 189 cm³/mol. The standard InChI is InChI=1S/C36H44ClN2O4.C3H8.W/c1-3-9-26-21-36(33(37)20-27(26)22-38-28(23-40)24-41)43-35-15-14-31-30(11-6-12-32(31)35)29-10-7-13-34(25(29)2)42-19-8-18-39-16-4-5-17-39;1-3-2;/h6-7,10-13,20-21,28,35,38,40H,3-5,8-9,14-19,22-23H2,1-2H3;3H2,1-2H3;/q-1;;/t28?,35-;;/m0../s1. The van der Waals surface area contributed by atoms with Crippen molar-refractivity contribution in [2.45, 2.75) is 97.8 Å². The second-order valence-corrected chi connectivity index (χ2v) is 12.8. The fourth-order valence-corrected chi connectivity index (χ4v) is 6.68. The van der Waals surface area contributed by atoms with Crippen LogP contribution in [0.3, 0.4) is 0 Å². The maximum absolute atomic E-state index is 11.0. The molecule has 8 heteroatoms. The Hall–Kier alpha value is -2.21. The van der Waals surface area contributed by atoms with E-state index >= 15 is 0 Å². The Balaban J connectivity index is 0.00000144. The van der Waals surface area contributed by atoms with E-state index in [0.29, 0.717) is 17.3 Å². The topological polar surface area (TPSA) is 71.0 Å². The minimum absolute atomic E-state index is 0. The summed E-state index contributed by atoms with van der Waals surface area (Å²) in [6.07, 6.45) is 10.3. The molecule has 47 heavy (non-hydrogen) atoms. The van der Waals surface area contributed by atoms with Gasteiger partial charge in [0, 0.05) is 40.8 Å². The number of ether oxygens (including phenoxy) is 2. The minimum Gasteiger partial charge on any atom is -0.540 e. The van der Waals surface area contributed by atoms with Crippen LogP contribution in [0.1, 0.15) is 93.2 Å². The van der Waals surface area contributed by atoms with Gasteiger partial charge in [-0.05, 0) is 116 Å². The zero-order chi connectivity index (χ0) is 32.9. The third-order valence-electron chi connectivity index (χ3n) is 8.77. The molecule has 1 aliphatic carbocycles. The van der Waals surface area contributed by atoms with Crippen LogP contribution in [0.25, 0.3) is 11.1 Å². The summed E-state index contributed by atoms with van der Waals surface area (Å²) in [5.41, 5.74) is 8.28. The average Bonchev–Trinajstić information content (AvgIpc) is 3.73. The Morgan fingerprint density at radius 2 is 1.77 bits per heavy atom. The molecule has 0 saturated carbocycles. The molecular formula is C39H52ClN2O4W-. The smallest absolute Gasteiger partial charge is 0.139 e. The van der Waals surface area contributed by atoms with Gasteiger partial charge >= 0.3 is 0 Å². The molecule has 0 amide bonds. The van der Waals surface area contributed by atoms with Gasteiger partial charge in [-0.2, -0.15) is 0 Å².